The molecule has 0 heterocycles. The van der Waals surface area contributed by atoms with Crippen LogP contribution in [0.1, 0.15) is 32.8 Å². The quantitative estimate of drug-likeness (QED) is 0.736. The van der Waals surface area contributed by atoms with Crippen molar-refractivity contribution in [3.63, 3.8) is 0 Å². The van der Waals surface area contributed by atoms with Crippen LogP contribution < -0.4 is 9.47 Å². The zero-order chi connectivity index (χ0) is 11.3. The topological polar surface area (TPSA) is 18.5 Å². The molecule has 0 aliphatic rings. The highest BCUT2D eigenvalue weighted by molar-refractivity contribution is 5.42. The van der Waals surface area contributed by atoms with Crippen LogP contribution >= 0.6 is 0 Å². The second kappa shape index (κ2) is 5.64. The molecule has 2 heteroatoms. The van der Waals surface area contributed by atoms with Gasteiger partial charge in [-0.05, 0) is 44.9 Å². The number of aryl methyl sites for hydroxylation is 1. The minimum absolute atomic E-state index is 0.177. The van der Waals surface area contributed by atoms with E-state index in [1.807, 2.05) is 32.0 Å². The van der Waals surface area contributed by atoms with E-state index in [1.54, 1.807) is 0 Å². The van der Waals surface area contributed by atoms with Gasteiger partial charge in [0.15, 0.2) is 11.5 Å². The minimum atomic E-state index is 0.177. The average Bonchev–Trinajstić information content (AvgIpc) is 2.18. The highest BCUT2D eigenvalue weighted by Crippen LogP contribution is 2.29. The zero-order valence-corrected chi connectivity index (χ0v) is 10.0. The van der Waals surface area contributed by atoms with Gasteiger partial charge in [-0.25, -0.2) is 0 Å². The standard InChI is InChI=1S/C13H20O2/c1-5-8-14-13-9-11(4)6-7-12(13)15-10(2)3/h6-7,9-10H,5,8H2,1-4H3. The van der Waals surface area contributed by atoms with Gasteiger partial charge >= 0.3 is 0 Å². The number of ether oxygens (including phenoxy) is 2. The fraction of sp³-hybridized carbons (Fsp3) is 0.538. The number of hydrogen-bond donors (Lipinski definition) is 0. The Labute approximate surface area is 92.2 Å². The van der Waals surface area contributed by atoms with Crippen LogP contribution in [0.25, 0.3) is 0 Å². The maximum Gasteiger partial charge on any atom is 0.161 e. The Kier molecular flexibility index (Phi) is 4.47. The van der Waals surface area contributed by atoms with E-state index in [0.717, 1.165) is 24.5 Å². The molecule has 15 heavy (non-hydrogen) atoms. The number of rotatable bonds is 5. The third-order valence-corrected chi connectivity index (χ3v) is 1.92. The molecule has 0 aliphatic carbocycles. The fourth-order valence-corrected chi connectivity index (χ4v) is 1.29. The van der Waals surface area contributed by atoms with E-state index >= 15 is 0 Å². The molecule has 0 N–H and O–H groups in total. The summed E-state index contributed by atoms with van der Waals surface area (Å²) >= 11 is 0. The Hall–Kier alpha value is -1.18. The predicted molar refractivity (Wildman–Crippen MR) is 62.7 cm³/mol. The molecular weight excluding hydrogens is 188 g/mol. The molecule has 0 radical (unpaired) electrons. The van der Waals surface area contributed by atoms with E-state index in [4.69, 9.17) is 9.47 Å². The van der Waals surface area contributed by atoms with Crippen LogP contribution in [-0.4, -0.2) is 12.7 Å². The van der Waals surface area contributed by atoms with E-state index < -0.39 is 0 Å². The number of benzene rings is 1. The second-order valence-corrected chi connectivity index (χ2v) is 3.97. The van der Waals surface area contributed by atoms with Crippen molar-refractivity contribution in [1.82, 2.24) is 0 Å². The highest BCUT2D eigenvalue weighted by Gasteiger charge is 2.06. The van der Waals surface area contributed by atoms with E-state index in [-0.39, 0.29) is 6.10 Å². The molecule has 2 nitrogen and oxygen atoms in total. The second-order valence-electron chi connectivity index (χ2n) is 3.97. The van der Waals surface area contributed by atoms with Crippen molar-refractivity contribution in [3.8, 4) is 11.5 Å². The molecule has 0 bridgehead atoms. The maximum absolute atomic E-state index is 5.67. The molecule has 0 fully saturated rings. The van der Waals surface area contributed by atoms with Crippen LogP contribution in [0.5, 0.6) is 11.5 Å². The van der Waals surface area contributed by atoms with Crippen LogP contribution in [0.4, 0.5) is 0 Å². The molecule has 0 atom stereocenters. The van der Waals surface area contributed by atoms with Gasteiger partial charge in [0, 0.05) is 0 Å². The molecule has 0 aromatic heterocycles. The first kappa shape index (κ1) is 11.9. The molecular formula is C13H20O2. The lowest BCUT2D eigenvalue weighted by atomic mass is 10.2. The lowest BCUT2D eigenvalue weighted by Gasteiger charge is -2.15. The lowest BCUT2D eigenvalue weighted by molar-refractivity contribution is 0.221. The van der Waals surface area contributed by atoms with Gasteiger partial charge in [0.05, 0.1) is 12.7 Å². The Bertz CT molecular complexity index is 305. The fourth-order valence-electron chi connectivity index (χ4n) is 1.29. The molecule has 1 aromatic rings. The molecule has 1 rings (SSSR count). The summed E-state index contributed by atoms with van der Waals surface area (Å²) in [6.45, 7) is 8.92. The summed E-state index contributed by atoms with van der Waals surface area (Å²) in [6, 6.07) is 6.03. The first-order valence-electron chi connectivity index (χ1n) is 5.53. The molecule has 1 aromatic carbocycles. The summed E-state index contributed by atoms with van der Waals surface area (Å²) in [5, 5.41) is 0. The van der Waals surface area contributed by atoms with Crippen molar-refractivity contribution >= 4 is 0 Å². The summed E-state index contributed by atoms with van der Waals surface area (Å²) in [7, 11) is 0. The normalized spacial score (nSPS) is 10.5. The first-order chi connectivity index (χ1) is 7.13. The minimum Gasteiger partial charge on any atom is -0.490 e. The Morgan fingerprint density at radius 2 is 1.93 bits per heavy atom. The largest absolute Gasteiger partial charge is 0.490 e. The van der Waals surface area contributed by atoms with E-state index in [1.165, 1.54) is 5.56 Å². The van der Waals surface area contributed by atoms with Crippen LogP contribution in [0, 0.1) is 6.92 Å². The van der Waals surface area contributed by atoms with Gasteiger partial charge in [-0.2, -0.15) is 0 Å². The van der Waals surface area contributed by atoms with Gasteiger partial charge in [0.2, 0.25) is 0 Å². The van der Waals surface area contributed by atoms with Gasteiger partial charge in [-0.15, -0.1) is 0 Å². The highest BCUT2D eigenvalue weighted by atomic mass is 16.5. The van der Waals surface area contributed by atoms with Crippen molar-refractivity contribution in [1.29, 1.82) is 0 Å². The number of hydrogen-bond acceptors (Lipinski definition) is 2. The molecule has 0 saturated heterocycles. The van der Waals surface area contributed by atoms with Crippen LogP contribution in [-0.2, 0) is 0 Å². The van der Waals surface area contributed by atoms with Gasteiger partial charge in [0.25, 0.3) is 0 Å². The van der Waals surface area contributed by atoms with Crippen molar-refractivity contribution < 1.29 is 9.47 Å². The summed E-state index contributed by atoms with van der Waals surface area (Å²) in [5.41, 5.74) is 1.19. The van der Waals surface area contributed by atoms with Crippen LogP contribution in [0.3, 0.4) is 0 Å². The Morgan fingerprint density at radius 3 is 2.53 bits per heavy atom. The van der Waals surface area contributed by atoms with E-state index in [9.17, 15) is 0 Å². The van der Waals surface area contributed by atoms with Crippen LogP contribution in [0.15, 0.2) is 18.2 Å². The summed E-state index contributed by atoms with van der Waals surface area (Å²) in [6.07, 6.45) is 1.19. The Morgan fingerprint density at radius 1 is 1.20 bits per heavy atom. The van der Waals surface area contributed by atoms with Crippen molar-refractivity contribution in [2.75, 3.05) is 6.61 Å². The smallest absolute Gasteiger partial charge is 0.161 e. The maximum atomic E-state index is 5.67. The van der Waals surface area contributed by atoms with E-state index in [0.29, 0.717) is 0 Å². The monoisotopic (exact) mass is 208 g/mol. The van der Waals surface area contributed by atoms with Gasteiger partial charge in [0.1, 0.15) is 0 Å². The predicted octanol–water partition coefficient (Wildman–Crippen LogP) is 3.57. The summed E-state index contributed by atoms with van der Waals surface area (Å²) in [4.78, 5) is 0. The lowest BCUT2D eigenvalue weighted by Crippen LogP contribution is -2.07. The molecule has 0 unspecified atom stereocenters. The Balaban J connectivity index is 2.82. The molecule has 0 spiro atoms. The third-order valence-electron chi connectivity index (χ3n) is 1.92. The summed E-state index contributed by atoms with van der Waals surface area (Å²) in [5.74, 6) is 1.69. The van der Waals surface area contributed by atoms with Gasteiger partial charge < -0.3 is 9.47 Å². The van der Waals surface area contributed by atoms with Crippen molar-refractivity contribution in [2.45, 2.75) is 40.2 Å². The first-order valence-corrected chi connectivity index (χ1v) is 5.53. The van der Waals surface area contributed by atoms with Gasteiger partial charge in [-0.3, -0.25) is 0 Å². The molecule has 84 valence electrons. The van der Waals surface area contributed by atoms with Crippen molar-refractivity contribution in [3.05, 3.63) is 23.8 Å². The average molecular weight is 208 g/mol. The van der Waals surface area contributed by atoms with Crippen LogP contribution in [0.2, 0.25) is 0 Å². The molecule has 0 aliphatic heterocycles. The SMILES string of the molecule is CCCOc1cc(C)ccc1OC(C)C. The zero-order valence-electron chi connectivity index (χ0n) is 10.0. The van der Waals surface area contributed by atoms with E-state index in [2.05, 4.69) is 13.8 Å². The third kappa shape index (κ3) is 3.82. The summed E-state index contributed by atoms with van der Waals surface area (Å²) < 4.78 is 11.3. The molecule has 0 amide bonds. The van der Waals surface area contributed by atoms with Crippen molar-refractivity contribution in [2.24, 2.45) is 0 Å². The molecule has 0 saturated carbocycles. The van der Waals surface area contributed by atoms with Gasteiger partial charge in [-0.1, -0.05) is 13.0 Å².